The molecule has 5 heteroatoms. The molecule has 0 atom stereocenters. The van der Waals surface area contributed by atoms with Crippen LogP contribution in [0.2, 0.25) is 0 Å². The van der Waals surface area contributed by atoms with Crippen LogP contribution in [0.4, 0.5) is 10.1 Å². The minimum atomic E-state index is -0.274. The molecule has 1 N–H and O–H groups in total. The smallest absolute Gasteiger partial charge is 0.219 e. The lowest BCUT2D eigenvalue weighted by Crippen LogP contribution is -2.41. The summed E-state index contributed by atoms with van der Waals surface area (Å²) in [5, 5.41) is 3.26. The number of nitrogens with one attached hydrogen (secondary N) is 1. The van der Waals surface area contributed by atoms with E-state index in [-0.39, 0.29) is 17.8 Å². The molecule has 0 aliphatic carbocycles. The van der Waals surface area contributed by atoms with Crippen molar-refractivity contribution in [2.45, 2.75) is 25.8 Å². The van der Waals surface area contributed by atoms with Crippen molar-refractivity contribution < 1.29 is 13.6 Å². The zero-order valence-corrected chi connectivity index (χ0v) is 12.5. The zero-order chi connectivity index (χ0) is 15.5. The van der Waals surface area contributed by atoms with Crippen LogP contribution in [0.25, 0.3) is 11.3 Å². The fraction of sp³-hybridized carbons (Fsp3) is 0.353. The highest BCUT2D eigenvalue weighted by Gasteiger charge is 2.21. The average Bonchev–Trinajstić information content (AvgIpc) is 3.04. The van der Waals surface area contributed by atoms with Gasteiger partial charge < -0.3 is 14.6 Å². The zero-order valence-electron chi connectivity index (χ0n) is 12.5. The number of carbonyl (C=O) groups excluding carboxylic acids is 1. The van der Waals surface area contributed by atoms with Crippen molar-refractivity contribution in [2.24, 2.45) is 0 Å². The summed E-state index contributed by atoms with van der Waals surface area (Å²) in [6.07, 6.45) is 3.25. The number of piperidine rings is 1. The number of hydrogen-bond donors (Lipinski definition) is 1. The molecule has 2 aromatic rings. The van der Waals surface area contributed by atoms with Crippen LogP contribution in [0.5, 0.6) is 0 Å². The lowest BCUT2D eigenvalue weighted by Gasteiger charge is -2.32. The molecule has 0 bridgehead atoms. The normalized spacial score (nSPS) is 15.8. The van der Waals surface area contributed by atoms with E-state index in [1.165, 1.54) is 6.07 Å². The van der Waals surface area contributed by atoms with Gasteiger partial charge in [0, 0.05) is 31.6 Å². The number of nitrogens with zero attached hydrogens (tertiary/aromatic N) is 1. The Hall–Kier alpha value is -2.30. The van der Waals surface area contributed by atoms with Gasteiger partial charge in [0.25, 0.3) is 0 Å². The van der Waals surface area contributed by atoms with Gasteiger partial charge in [-0.05, 0) is 43.2 Å². The van der Waals surface area contributed by atoms with Gasteiger partial charge in [-0.15, -0.1) is 0 Å². The van der Waals surface area contributed by atoms with Crippen LogP contribution < -0.4 is 5.32 Å². The maximum absolute atomic E-state index is 14.0. The standard InChI is InChI=1S/C17H19FN2O2/c1-12(21)20-8-6-14(7-9-20)19-16-11-13(4-5-15(16)18)17-3-2-10-22-17/h2-5,10-11,14,19H,6-9H2,1H3. The molecule has 1 saturated heterocycles. The highest BCUT2D eigenvalue weighted by atomic mass is 19.1. The van der Waals surface area contributed by atoms with Crippen molar-refractivity contribution in [3.8, 4) is 11.3 Å². The quantitative estimate of drug-likeness (QED) is 0.943. The number of halogens is 1. The number of furan rings is 1. The maximum atomic E-state index is 14.0. The number of carbonyl (C=O) groups is 1. The molecular weight excluding hydrogens is 283 g/mol. The second-order valence-corrected chi connectivity index (χ2v) is 5.60. The first kappa shape index (κ1) is 14.6. The number of likely N-dealkylation sites (tertiary alicyclic amines) is 1. The Morgan fingerprint density at radius 1 is 1.32 bits per heavy atom. The Bertz CT molecular complexity index is 647. The van der Waals surface area contributed by atoms with Crippen LogP contribution in [-0.4, -0.2) is 29.9 Å². The summed E-state index contributed by atoms with van der Waals surface area (Å²) in [6.45, 7) is 3.01. The predicted molar refractivity (Wildman–Crippen MR) is 83.0 cm³/mol. The third-order valence-electron chi connectivity index (χ3n) is 4.07. The Kier molecular flexibility index (Phi) is 4.13. The molecule has 22 heavy (non-hydrogen) atoms. The summed E-state index contributed by atoms with van der Waals surface area (Å²) in [4.78, 5) is 13.2. The Morgan fingerprint density at radius 3 is 2.73 bits per heavy atom. The largest absolute Gasteiger partial charge is 0.464 e. The highest BCUT2D eigenvalue weighted by Crippen LogP contribution is 2.27. The summed E-state index contributed by atoms with van der Waals surface area (Å²) >= 11 is 0. The van der Waals surface area contributed by atoms with E-state index in [1.54, 1.807) is 25.3 Å². The van der Waals surface area contributed by atoms with Crippen molar-refractivity contribution in [3.63, 3.8) is 0 Å². The van der Waals surface area contributed by atoms with Gasteiger partial charge in [0.2, 0.25) is 5.91 Å². The molecule has 1 aliphatic rings. The Morgan fingerprint density at radius 2 is 2.09 bits per heavy atom. The van der Waals surface area contributed by atoms with Crippen LogP contribution in [0.15, 0.2) is 41.0 Å². The van der Waals surface area contributed by atoms with E-state index in [0.717, 1.165) is 24.2 Å². The summed E-state index contributed by atoms with van der Waals surface area (Å²) in [5.41, 5.74) is 1.32. The van der Waals surface area contributed by atoms with Gasteiger partial charge in [-0.2, -0.15) is 0 Å². The highest BCUT2D eigenvalue weighted by molar-refractivity contribution is 5.73. The van der Waals surface area contributed by atoms with E-state index in [0.29, 0.717) is 18.8 Å². The van der Waals surface area contributed by atoms with Gasteiger partial charge in [-0.25, -0.2) is 4.39 Å². The molecule has 0 unspecified atom stereocenters. The first-order chi connectivity index (χ1) is 10.6. The number of benzene rings is 1. The molecule has 0 spiro atoms. The van der Waals surface area contributed by atoms with E-state index in [9.17, 15) is 9.18 Å². The summed E-state index contributed by atoms with van der Waals surface area (Å²) in [6, 6.07) is 8.76. The molecule has 2 heterocycles. The first-order valence-electron chi connectivity index (χ1n) is 7.49. The second kappa shape index (κ2) is 6.22. The topological polar surface area (TPSA) is 45.5 Å². The summed E-state index contributed by atoms with van der Waals surface area (Å²) < 4.78 is 19.4. The van der Waals surface area contributed by atoms with E-state index < -0.39 is 0 Å². The molecule has 0 saturated carbocycles. The summed E-state index contributed by atoms with van der Waals surface area (Å²) in [5.74, 6) is 0.545. The summed E-state index contributed by atoms with van der Waals surface area (Å²) in [7, 11) is 0. The number of anilines is 1. The second-order valence-electron chi connectivity index (χ2n) is 5.60. The Labute approximate surface area is 128 Å². The Balaban J connectivity index is 1.70. The molecule has 1 aliphatic heterocycles. The molecule has 1 aromatic carbocycles. The molecule has 1 amide bonds. The molecule has 1 fully saturated rings. The van der Waals surface area contributed by atoms with Crippen LogP contribution >= 0.6 is 0 Å². The molecule has 0 radical (unpaired) electrons. The van der Waals surface area contributed by atoms with Gasteiger partial charge in [0.15, 0.2) is 0 Å². The molecule has 3 rings (SSSR count). The number of hydrogen-bond acceptors (Lipinski definition) is 3. The van der Waals surface area contributed by atoms with Gasteiger partial charge in [-0.1, -0.05) is 0 Å². The van der Waals surface area contributed by atoms with E-state index in [4.69, 9.17) is 4.42 Å². The fourth-order valence-electron chi connectivity index (χ4n) is 2.79. The molecule has 4 nitrogen and oxygen atoms in total. The third-order valence-corrected chi connectivity index (χ3v) is 4.07. The van der Waals surface area contributed by atoms with Crippen molar-refractivity contribution in [1.29, 1.82) is 0 Å². The predicted octanol–water partition coefficient (Wildman–Crippen LogP) is 3.51. The molecular formula is C17H19FN2O2. The van der Waals surface area contributed by atoms with Crippen LogP contribution in [-0.2, 0) is 4.79 Å². The average molecular weight is 302 g/mol. The molecule has 1 aromatic heterocycles. The van der Waals surface area contributed by atoms with Crippen molar-refractivity contribution in [3.05, 3.63) is 42.4 Å². The minimum absolute atomic E-state index is 0.101. The van der Waals surface area contributed by atoms with E-state index in [1.807, 2.05) is 17.0 Å². The van der Waals surface area contributed by atoms with Gasteiger partial charge in [0.1, 0.15) is 11.6 Å². The van der Waals surface area contributed by atoms with Crippen molar-refractivity contribution >= 4 is 11.6 Å². The number of amides is 1. The lowest BCUT2D eigenvalue weighted by molar-refractivity contribution is -0.129. The maximum Gasteiger partial charge on any atom is 0.219 e. The first-order valence-corrected chi connectivity index (χ1v) is 7.49. The van der Waals surface area contributed by atoms with Crippen molar-refractivity contribution in [2.75, 3.05) is 18.4 Å². The fourth-order valence-corrected chi connectivity index (χ4v) is 2.79. The SMILES string of the molecule is CC(=O)N1CCC(Nc2cc(-c3ccco3)ccc2F)CC1. The molecule has 116 valence electrons. The minimum Gasteiger partial charge on any atom is -0.464 e. The number of rotatable bonds is 3. The monoisotopic (exact) mass is 302 g/mol. The van der Waals surface area contributed by atoms with Crippen LogP contribution in [0.1, 0.15) is 19.8 Å². The lowest BCUT2D eigenvalue weighted by atomic mass is 10.0. The van der Waals surface area contributed by atoms with Crippen LogP contribution in [0.3, 0.4) is 0 Å². The third kappa shape index (κ3) is 3.13. The van der Waals surface area contributed by atoms with E-state index >= 15 is 0 Å². The van der Waals surface area contributed by atoms with E-state index in [2.05, 4.69) is 5.32 Å². The van der Waals surface area contributed by atoms with Crippen LogP contribution in [0, 0.1) is 5.82 Å². The van der Waals surface area contributed by atoms with Gasteiger partial charge in [-0.3, -0.25) is 4.79 Å². The van der Waals surface area contributed by atoms with Gasteiger partial charge >= 0.3 is 0 Å². The van der Waals surface area contributed by atoms with Gasteiger partial charge in [0.05, 0.1) is 12.0 Å². The van der Waals surface area contributed by atoms with Crippen molar-refractivity contribution in [1.82, 2.24) is 4.90 Å².